The maximum absolute atomic E-state index is 11.5. The number of ether oxygens (including phenoxy) is 1. The number of halogens is 1. The number of thiazole rings is 1. The molecule has 1 aromatic rings. The Bertz CT molecular complexity index is 465. The van der Waals surface area contributed by atoms with E-state index in [0.717, 1.165) is 30.1 Å². The van der Waals surface area contributed by atoms with Gasteiger partial charge in [-0.15, -0.1) is 0 Å². The SMILES string of the molecule is COC(=O)c1sc(N2CC3CCCC3C2)nc1Cl. The fraction of sp³-hybridized carbons (Fsp3) is 0.667. The Balaban J connectivity index is 1.79. The molecule has 0 aromatic carbocycles. The lowest BCUT2D eigenvalue weighted by atomic mass is 10.0. The maximum atomic E-state index is 11.5. The van der Waals surface area contributed by atoms with Crippen LogP contribution in [0.3, 0.4) is 0 Å². The third-order valence-electron chi connectivity index (χ3n) is 3.94. The summed E-state index contributed by atoms with van der Waals surface area (Å²) in [5, 5.41) is 1.12. The molecule has 1 aromatic heterocycles. The summed E-state index contributed by atoms with van der Waals surface area (Å²) >= 11 is 7.33. The lowest BCUT2D eigenvalue weighted by molar-refractivity contribution is 0.0606. The summed E-state index contributed by atoms with van der Waals surface area (Å²) in [6.07, 6.45) is 4.00. The fourth-order valence-electron chi connectivity index (χ4n) is 3.04. The van der Waals surface area contributed by atoms with Crippen LogP contribution in [0.1, 0.15) is 28.9 Å². The number of carbonyl (C=O) groups excluding carboxylic acids is 1. The van der Waals surface area contributed by atoms with Gasteiger partial charge in [-0.05, 0) is 24.7 Å². The van der Waals surface area contributed by atoms with Crippen molar-refractivity contribution in [3.8, 4) is 0 Å². The van der Waals surface area contributed by atoms with Crippen LogP contribution in [0, 0.1) is 11.8 Å². The molecule has 1 saturated heterocycles. The minimum atomic E-state index is -0.400. The van der Waals surface area contributed by atoms with Crippen molar-refractivity contribution in [3.05, 3.63) is 10.0 Å². The first-order valence-electron chi connectivity index (χ1n) is 6.18. The summed E-state index contributed by atoms with van der Waals surface area (Å²) in [6, 6.07) is 0. The number of esters is 1. The number of hydrogen-bond donors (Lipinski definition) is 0. The molecule has 0 radical (unpaired) electrons. The first kappa shape index (κ1) is 12.2. The van der Waals surface area contributed by atoms with E-state index in [-0.39, 0.29) is 5.15 Å². The van der Waals surface area contributed by atoms with E-state index in [1.54, 1.807) is 0 Å². The number of fused-ring (bicyclic) bond motifs is 1. The van der Waals surface area contributed by atoms with Crippen LogP contribution in [0.4, 0.5) is 5.13 Å². The van der Waals surface area contributed by atoms with E-state index in [0.29, 0.717) is 4.88 Å². The first-order valence-corrected chi connectivity index (χ1v) is 7.38. The average molecular weight is 287 g/mol. The Hall–Kier alpha value is -0.810. The molecule has 2 fully saturated rings. The minimum absolute atomic E-state index is 0.263. The van der Waals surface area contributed by atoms with Crippen LogP contribution in [-0.4, -0.2) is 31.2 Å². The van der Waals surface area contributed by atoms with Gasteiger partial charge in [0.25, 0.3) is 0 Å². The van der Waals surface area contributed by atoms with Crippen molar-refractivity contribution in [1.82, 2.24) is 4.98 Å². The summed E-state index contributed by atoms with van der Waals surface area (Å²) in [7, 11) is 1.36. The van der Waals surface area contributed by atoms with Crippen molar-refractivity contribution in [2.45, 2.75) is 19.3 Å². The zero-order valence-electron chi connectivity index (χ0n) is 10.2. The lowest BCUT2D eigenvalue weighted by Crippen LogP contribution is -2.20. The molecule has 0 amide bonds. The molecule has 0 bridgehead atoms. The van der Waals surface area contributed by atoms with Gasteiger partial charge < -0.3 is 9.64 Å². The van der Waals surface area contributed by atoms with E-state index < -0.39 is 5.97 Å². The Morgan fingerprint density at radius 2 is 2.11 bits per heavy atom. The molecule has 3 rings (SSSR count). The highest BCUT2D eigenvalue weighted by atomic mass is 35.5. The van der Waals surface area contributed by atoms with Crippen molar-refractivity contribution in [3.63, 3.8) is 0 Å². The topological polar surface area (TPSA) is 42.4 Å². The highest BCUT2D eigenvalue weighted by molar-refractivity contribution is 7.18. The molecule has 2 aliphatic rings. The summed E-state index contributed by atoms with van der Waals surface area (Å²) in [4.78, 5) is 18.5. The van der Waals surface area contributed by atoms with Gasteiger partial charge in [-0.3, -0.25) is 0 Å². The minimum Gasteiger partial charge on any atom is -0.465 e. The Morgan fingerprint density at radius 1 is 1.44 bits per heavy atom. The highest BCUT2D eigenvalue weighted by Gasteiger charge is 2.37. The number of carbonyl (C=O) groups is 1. The van der Waals surface area contributed by atoms with Crippen LogP contribution in [0.5, 0.6) is 0 Å². The second-order valence-corrected chi connectivity index (χ2v) is 6.30. The molecule has 1 aliphatic carbocycles. The maximum Gasteiger partial charge on any atom is 0.351 e. The van der Waals surface area contributed by atoms with Gasteiger partial charge >= 0.3 is 5.97 Å². The Labute approximate surface area is 115 Å². The van der Waals surface area contributed by atoms with Crippen LogP contribution in [0.2, 0.25) is 5.15 Å². The number of rotatable bonds is 2. The molecule has 6 heteroatoms. The molecule has 2 atom stereocenters. The van der Waals surface area contributed by atoms with E-state index >= 15 is 0 Å². The van der Waals surface area contributed by atoms with Gasteiger partial charge in [-0.2, -0.15) is 0 Å². The van der Waals surface area contributed by atoms with E-state index in [2.05, 4.69) is 9.88 Å². The monoisotopic (exact) mass is 286 g/mol. The molecule has 2 heterocycles. The van der Waals surface area contributed by atoms with E-state index in [1.807, 2.05) is 0 Å². The smallest absolute Gasteiger partial charge is 0.351 e. The summed E-state index contributed by atoms with van der Waals surface area (Å²) in [5.74, 6) is 1.20. The molecule has 0 N–H and O–H groups in total. The molecular weight excluding hydrogens is 272 g/mol. The van der Waals surface area contributed by atoms with Gasteiger partial charge in [-0.25, -0.2) is 9.78 Å². The number of hydrogen-bond acceptors (Lipinski definition) is 5. The summed E-state index contributed by atoms with van der Waals surface area (Å²) in [5.41, 5.74) is 0. The molecule has 4 nitrogen and oxygen atoms in total. The van der Waals surface area contributed by atoms with Crippen LogP contribution in [0.25, 0.3) is 0 Å². The molecule has 98 valence electrons. The fourth-order valence-corrected chi connectivity index (χ4v) is 4.25. The Kier molecular flexibility index (Phi) is 3.20. The number of anilines is 1. The van der Waals surface area contributed by atoms with Gasteiger partial charge in [0.15, 0.2) is 15.2 Å². The van der Waals surface area contributed by atoms with E-state index in [4.69, 9.17) is 16.3 Å². The van der Waals surface area contributed by atoms with Crippen molar-refractivity contribution >= 4 is 34.0 Å². The molecule has 0 spiro atoms. The van der Waals surface area contributed by atoms with Gasteiger partial charge in [0.2, 0.25) is 0 Å². The van der Waals surface area contributed by atoms with Crippen molar-refractivity contribution < 1.29 is 9.53 Å². The molecule has 18 heavy (non-hydrogen) atoms. The standard InChI is InChI=1S/C12H15ClN2O2S/c1-17-11(16)9-10(13)14-12(18-9)15-5-7-3-2-4-8(7)6-15/h7-8H,2-6H2,1H3. The first-order chi connectivity index (χ1) is 8.69. The van der Waals surface area contributed by atoms with Crippen LogP contribution in [0.15, 0.2) is 0 Å². The molecule has 1 saturated carbocycles. The second-order valence-electron chi connectivity index (χ2n) is 4.96. The van der Waals surface area contributed by atoms with Crippen molar-refractivity contribution in [2.75, 3.05) is 25.1 Å². The van der Waals surface area contributed by atoms with Gasteiger partial charge in [0.05, 0.1) is 7.11 Å². The van der Waals surface area contributed by atoms with E-state index in [1.165, 1.54) is 37.7 Å². The van der Waals surface area contributed by atoms with Crippen molar-refractivity contribution in [1.29, 1.82) is 0 Å². The van der Waals surface area contributed by atoms with Crippen LogP contribution < -0.4 is 4.90 Å². The van der Waals surface area contributed by atoms with Gasteiger partial charge in [0.1, 0.15) is 0 Å². The quantitative estimate of drug-likeness (QED) is 0.784. The van der Waals surface area contributed by atoms with E-state index in [9.17, 15) is 4.79 Å². The average Bonchev–Trinajstić information content (AvgIpc) is 3.00. The normalized spacial score (nSPS) is 26.4. The predicted molar refractivity (Wildman–Crippen MR) is 71.5 cm³/mol. The second kappa shape index (κ2) is 4.70. The molecular formula is C12H15ClN2O2S. The zero-order chi connectivity index (χ0) is 12.7. The number of nitrogens with zero attached hydrogens (tertiary/aromatic N) is 2. The summed E-state index contributed by atoms with van der Waals surface area (Å²) in [6.45, 7) is 2.10. The highest BCUT2D eigenvalue weighted by Crippen LogP contribution is 2.41. The summed E-state index contributed by atoms with van der Waals surface area (Å²) < 4.78 is 4.70. The van der Waals surface area contributed by atoms with Crippen LogP contribution >= 0.6 is 22.9 Å². The molecule has 1 aliphatic heterocycles. The van der Waals surface area contributed by atoms with Gasteiger partial charge in [0, 0.05) is 13.1 Å². The predicted octanol–water partition coefficient (Wildman–Crippen LogP) is 2.82. The zero-order valence-corrected chi connectivity index (χ0v) is 11.8. The third-order valence-corrected chi connectivity index (χ3v) is 5.42. The molecule has 2 unspecified atom stereocenters. The largest absolute Gasteiger partial charge is 0.465 e. The lowest BCUT2D eigenvalue weighted by Gasteiger charge is -2.15. The van der Waals surface area contributed by atoms with Crippen LogP contribution in [-0.2, 0) is 4.74 Å². The van der Waals surface area contributed by atoms with Crippen molar-refractivity contribution in [2.24, 2.45) is 11.8 Å². The number of methoxy groups -OCH3 is 1. The Morgan fingerprint density at radius 3 is 2.72 bits per heavy atom. The third kappa shape index (κ3) is 1.99. The number of aromatic nitrogens is 1. The van der Waals surface area contributed by atoms with Gasteiger partial charge in [-0.1, -0.05) is 29.4 Å².